The van der Waals surface area contributed by atoms with Gasteiger partial charge in [-0.25, -0.2) is 16.8 Å². The second-order valence-electron chi connectivity index (χ2n) is 4.50. The van der Waals surface area contributed by atoms with Crippen LogP contribution in [-0.4, -0.2) is 34.1 Å². The first-order chi connectivity index (χ1) is 8.68. The van der Waals surface area contributed by atoms with Crippen molar-refractivity contribution in [3.8, 4) is 0 Å². The van der Waals surface area contributed by atoms with Gasteiger partial charge in [0.05, 0.1) is 16.4 Å². The lowest BCUT2D eigenvalue weighted by molar-refractivity contribution is 0.586. The van der Waals surface area contributed by atoms with Crippen LogP contribution in [0.1, 0.15) is 18.9 Å². The van der Waals surface area contributed by atoms with Gasteiger partial charge in [0.1, 0.15) is 0 Å². The normalized spacial score (nSPS) is 12.5. The highest BCUT2D eigenvalue weighted by Crippen LogP contribution is 2.20. The van der Waals surface area contributed by atoms with Gasteiger partial charge in [-0.1, -0.05) is 13.0 Å². The van der Waals surface area contributed by atoms with Gasteiger partial charge in [-0.2, -0.15) is 0 Å². The van der Waals surface area contributed by atoms with Crippen LogP contribution in [0.2, 0.25) is 0 Å². The van der Waals surface area contributed by atoms with Gasteiger partial charge in [0.25, 0.3) is 0 Å². The van der Waals surface area contributed by atoms with E-state index in [2.05, 4.69) is 0 Å². The molecule has 7 heteroatoms. The molecule has 108 valence electrons. The highest BCUT2D eigenvalue weighted by Gasteiger charge is 2.21. The third-order valence-electron chi connectivity index (χ3n) is 2.73. The fourth-order valence-electron chi connectivity index (χ4n) is 1.71. The predicted octanol–water partition coefficient (Wildman–Crippen LogP) is 1.18. The minimum Gasteiger partial charge on any atom is -0.399 e. The van der Waals surface area contributed by atoms with E-state index in [4.69, 9.17) is 5.73 Å². The van der Waals surface area contributed by atoms with Crippen LogP contribution in [0.4, 0.5) is 5.69 Å². The summed E-state index contributed by atoms with van der Waals surface area (Å²) in [6.45, 7) is 3.40. The molecule has 0 heterocycles. The Bertz CT molecular complexity index is 648. The highest BCUT2D eigenvalue weighted by atomic mass is 32.2. The number of rotatable bonds is 6. The van der Waals surface area contributed by atoms with Crippen LogP contribution in [0.15, 0.2) is 23.1 Å². The molecule has 0 aliphatic rings. The third-order valence-corrected chi connectivity index (χ3v) is 6.69. The standard InChI is InChI=1S/C12H19NO4S2/c1-3-6-18(14,15)7-8-19(16,17)12-9-11(13)5-4-10(12)2/h4-5,9H,3,6-8,13H2,1-2H3. The van der Waals surface area contributed by atoms with E-state index in [0.29, 0.717) is 17.7 Å². The Morgan fingerprint density at radius 1 is 1.05 bits per heavy atom. The summed E-state index contributed by atoms with van der Waals surface area (Å²) in [5.74, 6) is -0.741. The number of anilines is 1. The molecule has 1 rings (SSSR count). The quantitative estimate of drug-likeness (QED) is 0.796. The molecule has 0 saturated heterocycles. The van der Waals surface area contributed by atoms with Crippen molar-refractivity contribution in [1.82, 2.24) is 0 Å². The van der Waals surface area contributed by atoms with Gasteiger partial charge in [0.2, 0.25) is 0 Å². The molecule has 0 fully saturated rings. The second-order valence-corrected chi connectivity index (χ2v) is 8.88. The minimum absolute atomic E-state index is 0.0123. The van der Waals surface area contributed by atoms with Gasteiger partial charge in [-0.15, -0.1) is 0 Å². The van der Waals surface area contributed by atoms with Gasteiger partial charge in [0.15, 0.2) is 19.7 Å². The summed E-state index contributed by atoms with van der Waals surface area (Å²) in [7, 11) is -6.93. The second kappa shape index (κ2) is 5.92. The molecule has 0 atom stereocenters. The highest BCUT2D eigenvalue weighted by molar-refractivity contribution is 7.95. The summed E-state index contributed by atoms with van der Waals surface area (Å²) < 4.78 is 47.4. The fraction of sp³-hybridized carbons (Fsp3) is 0.500. The molecule has 0 spiro atoms. The Labute approximate surface area is 114 Å². The maximum atomic E-state index is 12.1. The number of benzene rings is 1. The van der Waals surface area contributed by atoms with Crippen LogP contribution in [0.5, 0.6) is 0 Å². The zero-order valence-electron chi connectivity index (χ0n) is 11.1. The molecule has 5 nitrogen and oxygen atoms in total. The van der Waals surface area contributed by atoms with Crippen LogP contribution in [0.3, 0.4) is 0 Å². The number of nitrogens with two attached hydrogens (primary N) is 1. The number of sulfone groups is 2. The maximum absolute atomic E-state index is 12.1. The summed E-state index contributed by atoms with van der Waals surface area (Å²) in [4.78, 5) is 0.110. The zero-order valence-corrected chi connectivity index (χ0v) is 12.7. The largest absolute Gasteiger partial charge is 0.399 e. The molecule has 0 aliphatic heterocycles. The fourth-order valence-corrected chi connectivity index (χ4v) is 5.53. The Morgan fingerprint density at radius 3 is 2.26 bits per heavy atom. The molecule has 0 aromatic heterocycles. The van der Waals surface area contributed by atoms with Crippen molar-refractivity contribution in [2.45, 2.75) is 25.2 Å². The smallest absolute Gasteiger partial charge is 0.179 e. The molecule has 0 amide bonds. The lowest BCUT2D eigenvalue weighted by Gasteiger charge is -2.09. The molecule has 1 aromatic carbocycles. The van der Waals surface area contributed by atoms with Crippen LogP contribution < -0.4 is 5.73 Å². The van der Waals surface area contributed by atoms with Crippen molar-refractivity contribution >= 4 is 25.4 Å². The minimum atomic E-state index is -3.62. The summed E-state index contributed by atoms with van der Waals surface area (Å²) in [6.07, 6.45) is 0.486. The first-order valence-corrected chi connectivity index (χ1v) is 9.44. The average Bonchev–Trinajstić information content (AvgIpc) is 2.30. The summed E-state index contributed by atoms with van der Waals surface area (Å²) in [5.41, 5.74) is 6.49. The Balaban J connectivity index is 2.97. The van der Waals surface area contributed by atoms with Gasteiger partial charge in [-0.05, 0) is 31.0 Å². The molecule has 0 bridgehead atoms. The average molecular weight is 305 g/mol. The number of aryl methyl sites for hydroxylation is 1. The number of hydrogen-bond donors (Lipinski definition) is 1. The maximum Gasteiger partial charge on any atom is 0.179 e. The van der Waals surface area contributed by atoms with Crippen molar-refractivity contribution in [2.24, 2.45) is 0 Å². The first-order valence-electron chi connectivity index (χ1n) is 5.97. The topological polar surface area (TPSA) is 94.3 Å². The van der Waals surface area contributed by atoms with Crippen LogP contribution in [-0.2, 0) is 19.7 Å². The molecule has 0 unspecified atom stereocenters. The number of hydrogen-bond acceptors (Lipinski definition) is 5. The Hall–Kier alpha value is -1.08. The first kappa shape index (κ1) is 16.0. The van der Waals surface area contributed by atoms with Gasteiger partial charge in [-0.3, -0.25) is 0 Å². The van der Waals surface area contributed by atoms with Gasteiger partial charge in [0, 0.05) is 11.4 Å². The van der Waals surface area contributed by atoms with Crippen LogP contribution in [0.25, 0.3) is 0 Å². The molecule has 0 aliphatic carbocycles. The zero-order chi connectivity index (χ0) is 14.7. The van der Waals surface area contributed by atoms with Crippen molar-refractivity contribution in [3.63, 3.8) is 0 Å². The molecule has 1 aromatic rings. The van der Waals surface area contributed by atoms with E-state index < -0.39 is 25.4 Å². The van der Waals surface area contributed by atoms with E-state index in [1.807, 2.05) is 0 Å². The summed E-state index contributed by atoms with van der Waals surface area (Å²) >= 11 is 0. The van der Waals surface area contributed by atoms with E-state index in [1.165, 1.54) is 6.07 Å². The van der Waals surface area contributed by atoms with Crippen LogP contribution in [0, 0.1) is 6.92 Å². The van der Waals surface area contributed by atoms with Crippen LogP contribution >= 0.6 is 0 Å². The van der Waals surface area contributed by atoms with E-state index in [0.717, 1.165) is 0 Å². The third kappa shape index (κ3) is 4.50. The Morgan fingerprint density at radius 2 is 1.68 bits per heavy atom. The monoisotopic (exact) mass is 305 g/mol. The molecular formula is C12H19NO4S2. The van der Waals surface area contributed by atoms with Crippen molar-refractivity contribution in [1.29, 1.82) is 0 Å². The van der Waals surface area contributed by atoms with E-state index in [1.54, 1.807) is 26.0 Å². The molecule has 0 radical (unpaired) electrons. The molecule has 2 N–H and O–H groups in total. The summed E-state index contributed by atoms with van der Waals surface area (Å²) in [6, 6.07) is 4.60. The lowest BCUT2D eigenvalue weighted by atomic mass is 10.2. The van der Waals surface area contributed by atoms with E-state index in [9.17, 15) is 16.8 Å². The summed E-state index contributed by atoms with van der Waals surface area (Å²) in [5, 5.41) is 0. The van der Waals surface area contributed by atoms with Crippen molar-refractivity contribution < 1.29 is 16.8 Å². The molecule has 19 heavy (non-hydrogen) atoms. The van der Waals surface area contributed by atoms with Crippen molar-refractivity contribution in [3.05, 3.63) is 23.8 Å². The van der Waals surface area contributed by atoms with Gasteiger partial charge >= 0.3 is 0 Å². The lowest BCUT2D eigenvalue weighted by Crippen LogP contribution is -2.20. The predicted molar refractivity (Wildman–Crippen MR) is 76.6 cm³/mol. The molecule has 0 saturated carbocycles. The van der Waals surface area contributed by atoms with E-state index >= 15 is 0 Å². The SMILES string of the molecule is CCCS(=O)(=O)CCS(=O)(=O)c1cc(N)ccc1C. The number of nitrogen functional groups attached to an aromatic ring is 1. The molecular weight excluding hydrogens is 286 g/mol. The van der Waals surface area contributed by atoms with E-state index in [-0.39, 0.29) is 16.4 Å². The van der Waals surface area contributed by atoms with Crippen molar-refractivity contribution in [2.75, 3.05) is 23.0 Å². The Kier molecular flexibility index (Phi) is 4.98. The van der Waals surface area contributed by atoms with Gasteiger partial charge < -0.3 is 5.73 Å².